The molecular formula is C11H11ClN2O4S. The standard InChI is InChI=1S/C11H11ClN2O4S/c12-8-3-7(4-13)1-2-11(8)19(17,18)14-5-9(15)10(16)6-14/h1-3,9-10,15-16H,5-6H2/t9-,10+. The first-order valence-corrected chi connectivity index (χ1v) is 7.24. The van der Waals surface area contributed by atoms with Crippen LogP contribution in [0.3, 0.4) is 0 Å². The Hall–Kier alpha value is -1.17. The molecule has 1 aliphatic heterocycles. The van der Waals surface area contributed by atoms with Crippen LogP contribution in [-0.2, 0) is 10.0 Å². The summed E-state index contributed by atoms with van der Waals surface area (Å²) in [6, 6.07) is 5.71. The highest BCUT2D eigenvalue weighted by molar-refractivity contribution is 7.89. The molecule has 2 atom stereocenters. The highest BCUT2D eigenvalue weighted by Crippen LogP contribution is 2.28. The van der Waals surface area contributed by atoms with E-state index in [2.05, 4.69) is 0 Å². The van der Waals surface area contributed by atoms with E-state index in [4.69, 9.17) is 16.9 Å². The summed E-state index contributed by atoms with van der Waals surface area (Å²) in [7, 11) is -3.89. The van der Waals surface area contributed by atoms with E-state index in [-0.39, 0.29) is 28.6 Å². The first-order chi connectivity index (χ1) is 8.86. The molecule has 0 aromatic heterocycles. The third-order valence-corrected chi connectivity index (χ3v) is 5.22. The monoisotopic (exact) mass is 302 g/mol. The molecule has 0 radical (unpaired) electrons. The van der Waals surface area contributed by atoms with Gasteiger partial charge in [0.05, 0.1) is 28.9 Å². The van der Waals surface area contributed by atoms with E-state index in [0.717, 1.165) is 4.31 Å². The minimum Gasteiger partial charge on any atom is -0.389 e. The van der Waals surface area contributed by atoms with Crippen molar-refractivity contribution >= 4 is 21.6 Å². The van der Waals surface area contributed by atoms with E-state index in [1.165, 1.54) is 18.2 Å². The van der Waals surface area contributed by atoms with E-state index < -0.39 is 22.2 Å². The van der Waals surface area contributed by atoms with Crippen LogP contribution in [0.5, 0.6) is 0 Å². The second-order valence-corrected chi connectivity index (χ2v) is 6.53. The first-order valence-electron chi connectivity index (χ1n) is 5.42. The van der Waals surface area contributed by atoms with Crippen molar-refractivity contribution in [2.75, 3.05) is 13.1 Å². The number of β-amino-alcohol motifs (C(OH)–C–C–N with tert-alkyl or cyclic N) is 2. The minimum atomic E-state index is -3.89. The highest BCUT2D eigenvalue weighted by Gasteiger charge is 2.38. The number of sulfonamides is 1. The number of halogens is 1. The number of aliphatic hydroxyl groups is 2. The van der Waals surface area contributed by atoms with E-state index >= 15 is 0 Å². The summed E-state index contributed by atoms with van der Waals surface area (Å²) in [6.07, 6.45) is -2.21. The molecule has 0 unspecified atom stereocenters. The van der Waals surface area contributed by atoms with Crippen molar-refractivity contribution in [2.45, 2.75) is 17.1 Å². The Kier molecular flexibility index (Phi) is 3.80. The Balaban J connectivity index is 2.39. The maximum absolute atomic E-state index is 12.3. The van der Waals surface area contributed by atoms with Gasteiger partial charge in [-0.3, -0.25) is 0 Å². The Morgan fingerprint density at radius 1 is 1.32 bits per heavy atom. The number of nitrogens with zero attached hydrogens (tertiary/aromatic N) is 2. The first kappa shape index (κ1) is 14.2. The highest BCUT2D eigenvalue weighted by atomic mass is 35.5. The zero-order valence-electron chi connectivity index (χ0n) is 9.69. The molecule has 1 aromatic carbocycles. The normalized spacial score (nSPS) is 24.3. The third-order valence-electron chi connectivity index (χ3n) is 2.90. The molecule has 0 saturated carbocycles. The molecule has 2 rings (SSSR count). The second-order valence-electron chi connectivity index (χ2n) is 4.21. The largest absolute Gasteiger partial charge is 0.389 e. The summed E-state index contributed by atoms with van der Waals surface area (Å²) in [5.41, 5.74) is 0.255. The molecule has 6 nitrogen and oxygen atoms in total. The molecule has 0 aliphatic carbocycles. The summed E-state index contributed by atoms with van der Waals surface area (Å²) in [5.74, 6) is 0. The van der Waals surface area contributed by atoms with Gasteiger partial charge in [0, 0.05) is 13.1 Å². The quantitative estimate of drug-likeness (QED) is 0.797. The van der Waals surface area contributed by atoms with E-state index in [0.29, 0.717) is 0 Å². The van der Waals surface area contributed by atoms with Gasteiger partial charge in [-0.15, -0.1) is 0 Å². The fourth-order valence-electron chi connectivity index (χ4n) is 1.85. The Bertz CT molecular complexity index is 631. The average Bonchev–Trinajstić information content (AvgIpc) is 2.70. The van der Waals surface area contributed by atoms with E-state index in [1.807, 2.05) is 6.07 Å². The van der Waals surface area contributed by atoms with Crippen molar-refractivity contribution < 1.29 is 18.6 Å². The predicted octanol–water partition coefficient (Wildman–Crippen LogP) is -0.0622. The topological polar surface area (TPSA) is 102 Å². The molecule has 0 bridgehead atoms. The van der Waals surface area contributed by atoms with Gasteiger partial charge in [-0.1, -0.05) is 11.6 Å². The molecule has 1 aromatic rings. The summed E-state index contributed by atoms with van der Waals surface area (Å²) in [4.78, 5) is -0.144. The molecule has 19 heavy (non-hydrogen) atoms. The molecule has 8 heteroatoms. The molecule has 0 spiro atoms. The summed E-state index contributed by atoms with van der Waals surface area (Å²) in [6.45, 7) is -0.361. The lowest BCUT2D eigenvalue weighted by atomic mass is 10.2. The van der Waals surface area contributed by atoms with Crippen LogP contribution in [-0.4, -0.2) is 48.2 Å². The summed E-state index contributed by atoms with van der Waals surface area (Å²) in [5, 5.41) is 27.4. The van der Waals surface area contributed by atoms with Crippen molar-refractivity contribution in [2.24, 2.45) is 0 Å². The molecule has 1 saturated heterocycles. The average molecular weight is 303 g/mol. The predicted molar refractivity (Wildman–Crippen MR) is 66.9 cm³/mol. The Labute approximate surface area is 115 Å². The number of hydrogen-bond acceptors (Lipinski definition) is 5. The Morgan fingerprint density at radius 2 is 1.89 bits per heavy atom. The lowest BCUT2D eigenvalue weighted by Gasteiger charge is -2.16. The van der Waals surface area contributed by atoms with Gasteiger partial charge >= 0.3 is 0 Å². The maximum atomic E-state index is 12.3. The van der Waals surface area contributed by atoms with Gasteiger partial charge in [0.15, 0.2) is 0 Å². The Morgan fingerprint density at radius 3 is 2.37 bits per heavy atom. The smallest absolute Gasteiger partial charge is 0.244 e. The summed E-state index contributed by atoms with van der Waals surface area (Å²) < 4.78 is 25.5. The van der Waals surface area contributed by atoms with Crippen LogP contribution >= 0.6 is 11.6 Å². The number of hydrogen-bond donors (Lipinski definition) is 2. The summed E-state index contributed by atoms with van der Waals surface area (Å²) >= 11 is 5.86. The lowest BCUT2D eigenvalue weighted by Crippen LogP contribution is -2.30. The van der Waals surface area contributed by atoms with Crippen LogP contribution in [0.15, 0.2) is 23.1 Å². The van der Waals surface area contributed by atoms with Crippen molar-refractivity contribution in [3.8, 4) is 6.07 Å². The number of aliphatic hydroxyl groups excluding tert-OH is 2. The zero-order valence-corrected chi connectivity index (χ0v) is 11.3. The number of benzene rings is 1. The van der Waals surface area contributed by atoms with Gasteiger partial charge in [-0.05, 0) is 18.2 Å². The lowest BCUT2D eigenvalue weighted by molar-refractivity contribution is 0.0572. The molecule has 102 valence electrons. The van der Waals surface area contributed by atoms with Crippen LogP contribution in [0.25, 0.3) is 0 Å². The van der Waals surface area contributed by atoms with Crippen LogP contribution in [0.1, 0.15) is 5.56 Å². The molecule has 1 aliphatic rings. The second kappa shape index (κ2) is 5.07. The zero-order chi connectivity index (χ0) is 14.2. The van der Waals surface area contributed by atoms with Crippen LogP contribution in [0.2, 0.25) is 5.02 Å². The van der Waals surface area contributed by atoms with E-state index in [1.54, 1.807) is 0 Å². The van der Waals surface area contributed by atoms with Crippen molar-refractivity contribution in [3.05, 3.63) is 28.8 Å². The van der Waals surface area contributed by atoms with Gasteiger partial charge in [0.25, 0.3) is 0 Å². The van der Waals surface area contributed by atoms with E-state index in [9.17, 15) is 18.6 Å². The van der Waals surface area contributed by atoms with Gasteiger partial charge in [0.1, 0.15) is 4.90 Å². The van der Waals surface area contributed by atoms with Gasteiger partial charge in [-0.2, -0.15) is 9.57 Å². The SMILES string of the molecule is N#Cc1ccc(S(=O)(=O)N2C[C@@H](O)[C@@H](O)C2)c(Cl)c1. The maximum Gasteiger partial charge on any atom is 0.244 e. The fraction of sp³-hybridized carbons (Fsp3) is 0.364. The van der Waals surface area contributed by atoms with Crippen molar-refractivity contribution in [1.82, 2.24) is 4.31 Å². The molecule has 0 amide bonds. The van der Waals surface area contributed by atoms with Gasteiger partial charge in [-0.25, -0.2) is 8.42 Å². The van der Waals surface area contributed by atoms with Crippen LogP contribution in [0.4, 0.5) is 0 Å². The van der Waals surface area contributed by atoms with Crippen molar-refractivity contribution in [1.29, 1.82) is 5.26 Å². The number of rotatable bonds is 2. The molecular weight excluding hydrogens is 292 g/mol. The third kappa shape index (κ3) is 2.59. The number of nitriles is 1. The van der Waals surface area contributed by atoms with Gasteiger partial charge in [0.2, 0.25) is 10.0 Å². The molecule has 1 heterocycles. The minimum absolute atomic E-state index is 0.0603. The molecule has 2 N–H and O–H groups in total. The van der Waals surface area contributed by atoms with Gasteiger partial charge < -0.3 is 10.2 Å². The van der Waals surface area contributed by atoms with Crippen LogP contribution < -0.4 is 0 Å². The molecule has 1 fully saturated rings. The van der Waals surface area contributed by atoms with Crippen LogP contribution in [0, 0.1) is 11.3 Å². The fourth-order valence-corrected chi connectivity index (χ4v) is 3.84. The van der Waals surface area contributed by atoms with Crippen molar-refractivity contribution in [3.63, 3.8) is 0 Å².